The highest BCUT2D eigenvalue weighted by Crippen LogP contribution is 2.15. The van der Waals surface area contributed by atoms with Crippen LogP contribution in [0, 0.1) is 6.01 Å². The van der Waals surface area contributed by atoms with Crippen molar-refractivity contribution in [1.29, 1.82) is 0 Å². The molecule has 0 aliphatic heterocycles. The van der Waals surface area contributed by atoms with Crippen molar-refractivity contribution < 1.29 is 8.81 Å². The molecule has 1 aromatic rings. The molecule has 0 aromatic carbocycles. The SMILES string of the molecule is C=Cc1cc(F)oc1C=C. The van der Waals surface area contributed by atoms with E-state index in [4.69, 9.17) is 0 Å². The van der Waals surface area contributed by atoms with Gasteiger partial charge in [-0.2, -0.15) is 4.39 Å². The van der Waals surface area contributed by atoms with E-state index in [2.05, 4.69) is 17.6 Å². The van der Waals surface area contributed by atoms with Crippen LogP contribution in [-0.4, -0.2) is 0 Å². The highest BCUT2D eigenvalue weighted by Gasteiger charge is 2.02. The molecule has 0 bridgehead atoms. The normalized spacial score (nSPS) is 9.30. The maximum absolute atomic E-state index is 12.3. The van der Waals surface area contributed by atoms with Crippen molar-refractivity contribution in [3.05, 3.63) is 36.6 Å². The van der Waals surface area contributed by atoms with E-state index in [1.54, 1.807) is 0 Å². The van der Waals surface area contributed by atoms with Crippen molar-refractivity contribution in [3.63, 3.8) is 0 Å². The minimum atomic E-state index is -0.607. The van der Waals surface area contributed by atoms with E-state index in [0.717, 1.165) is 0 Å². The summed E-state index contributed by atoms with van der Waals surface area (Å²) in [6.07, 6.45) is 2.96. The van der Waals surface area contributed by atoms with Gasteiger partial charge in [0, 0.05) is 11.6 Å². The first-order chi connectivity index (χ1) is 4.77. The summed E-state index contributed by atoms with van der Waals surface area (Å²) >= 11 is 0. The summed E-state index contributed by atoms with van der Waals surface area (Å²) < 4.78 is 16.9. The molecule has 1 nitrogen and oxygen atoms in total. The minimum absolute atomic E-state index is 0.424. The van der Waals surface area contributed by atoms with Gasteiger partial charge in [0.2, 0.25) is 0 Å². The molecular formula is C8H7FO. The van der Waals surface area contributed by atoms with Gasteiger partial charge in [-0.1, -0.05) is 19.2 Å². The first-order valence-corrected chi connectivity index (χ1v) is 2.82. The monoisotopic (exact) mass is 138 g/mol. The summed E-state index contributed by atoms with van der Waals surface area (Å²) in [7, 11) is 0. The summed E-state index contributed by atoms with van der Waals surface area (Å²) in [5.74, 6) is 0.424. The molecule has 1 aromatic heterocycles. The van der Waals surface area contributed by atoms with Gasteiger partial charge in [-0.15, -0.1) is 0 Å². The van der Waals surface area contributed by atoms with Crippen LogP contribution in [0.3, 0.4) is 0 Å². The van der Waals surface area contributed by atoms with Gasteiger partial charge in [0.05, 0.1) is 0 Å². The van der Waals surface area contributed by atoms with Gasteiger partial charge >= 0.3 is 0 Å². The van der Waals surface area contributed by atoms with Crippen molar-refractivity contribution in [1.82, 2.24) is 0 Å². The number of furan rings is 1. The summed E-state index contributed by atoms with van der Waals surface area (Å²) in [6.45, 7) is 6.92. The number of hydrogen-bond donors (Lipinski definition) is 0. The van der Waals surface area contributed by atoms with Gasteiger partial charge < -0.3 is 4.42 Å². The molecule has 52 valence electrons. The molecule has 0 N–H and O–H groups in total. The predicted octanol–water partition coefficient (Wildman–Crippen LogP) is 2.70. The third-order valence-corrected chi connectivity index (χ3v) is 1.17. The lowest BCUT2D eigenvalue weighted by Gasteiger charge is -1.83. The largest absolute Gasteiger partial charge is 0.431 e. The molecule has 0 unspecified atom stereocenters. The molecule has 0 radical (unpaired) electrons. The molecule has 1 heterocycles. The first-order valence-electron chi connectivity index (χ1n) is 2.82. The van der Waals surface area contributed by atoms with Crippen LogP contribution >= 0.6 is 0 Å². The van der Waals surface area contributed by atoms with Gasteiger partial charge in [0.25, 0.3) is 6.01 Å². The fourth-order valence-electron chi connectivity index (χ4n) is 0.706. The van der Waals surface area contributed by atoms with E-state index < -0.39 is 6.01 Å². The van der Waals surface area contributed by atoms with Crippen LogP contribution < -0.4 is 0 Å². The number of rotatable bonds is 2. The van der Waals surface area contributed by atoms with E-state index >= 15 is 0 Å². The van der Waals surface area contributed by atoms with Crippen LogP contribution in [0.4, 0.5) is 4.39 Å². The van der Waals surface area contributed by atoms with Crippen molar-refractivity contribution in [2.75, 3.05) is 0 Å². The zero-order valence-corrected chi connectivity index (χ0v) is 5.43. The molecule has 0 aliphatic rings. The minimum Gasteiger partial charge on any atom is -0.431 e. The van der Waals surface area contributed by atoms with Crippen molar-refractivity contribution in [2.24, 2.45) is 0 Å². The molecule has 0 aliphatic carbocycles. The third kappa shape index (κ3) is 1.00. The standard InChI is InChI=1S/C8H7FO/c1-3-6-5-8(9)10-7(6)4-2/h3-5H,1-2H2. The van der Waals surface area contributed by atoms with E-state index in [9.17, 15) is 4.39 Å². The van der Waals surface area contributed by atoms with Crippen LogP contribution in [-0.2, 0) is 0 Å². The molecule has 0 saturated carbocycles. The molecule has 0 fully saturated rings. The fraction of sp³-hybridized carbons (Fsp3) is 0. The summed E-state index contributed by atoms with van der Waals surface area (Å²) in [5, 5.41) is 0. The Morgan fingerprint density at radius 3 is 2.50 bits per heavy atom. The average molecular weight is 138 g/mol. The van der Waals surface area contributed by atoms with Crippen molar-refractivity contribution in [2.45, 2.75) is 0 Å². The quantitative estimate of drug-likeness (QED) is 0.612. The number of hydrogen-bond acceptors (Lipinski definition) is 1. The molecule has 0 amide bonds. The van der Waals surface area contributed by atoms with E-state index in [-0.39, 0.29) is 0 Å². The van der Waals surface area contributed by atoms with Crippen LogP contribution in [0.1, 0.15) is 11.3 Å². The first kappa shape index (κ1) is 6.81. The molecule has 2 heteroatoms. The van der Waals surface area contributed by atoms with Crippen LogP contribution in [0.25, 0.3) is 12.2 Å². The molecule has 0 spiro atoms. The fourth-order valence-corrected chi connectivity index (χ4v) is 0.706. The van der Waals surface area contributed by atoms with Gasteiger partial charge in [-0.05, 0) is 6.08 Å². The Bertz CT molecular complexity index is 235. The smallest absolute Gasteiger partial charge is 0.278 e. The Labute approximate surface area is 58.5 Å². The number of halogens is 1. The molecule has 1 rings (SSSR count). The highest BCUT2D eigenvalue weighted by atomic mass is 19.1. The van der Waals surface area contributed by atoms with Gasteiger partial charge in [0.15, 0.2) is 0 Å². The van der Waals surface area contributed by atoms with Crippen LogP contribution in [0.2, 0.25) is 0 Å². The maximum Gasteiger partial charge on any atom is 0.278 e. The van der Waals surface area contributed by atoms with Crippen LogP contribution in [0.5, 0.6) is 0 Å². The Balaban J connectivity index is 3.20. The topological polar surface area (TPSA) is 13.1 Å². The van der Waals surface area contributed by atoms with Crippen molar-refractivity contribution >= 4 is 12.2 Å². The molecule has 0 atom stereocenters. The Morgan fingerprint density at radius 1 is 1.40 bits per heavy atom. The Hall–Kier alpha value is -1.31. The Kier molecular flexibility index (Phi) is 1.71. The maximum atomic E-state index is 12.3. The van der Waals surface area contributed by atoms with Gasteiger partial charge in [-0.25, -0.2) is 0 Å². The van der Waals surface area contributed by atoms with E-state index in [1.165, 1.54) is 18.2 Å². The van der Waals surface area contributed by atoms with Gasteiger partial charge in [-0.3, -0.25) is 0 Å². The lowest BCUT2D eigenvalue weighted by atomic mass is 10.2. The lowest BCUT2D eigenvalue weighted by Crippen LogP contribution is -1.66. The molecule has 10 heavy (non-hydrogen) atoms. The zero-order valence-electron chi connectivity index (χ0n) is 5.43. The summed E-state index contributed by atoms with van der Waals surface area (Å²) in [4.78, 5) is 0. The summed E-state index contributed by atoms with van der Waals surface area (Å²) in [5.41, 5.74) is 0.632. The average Bonchev–Trinajstić information content (AvgIpc) is 2.30. The predicted molar refractivity (Wildman–Crippen MR) is 38.8 cm³/mol. The van der Waals surface area contributed by atoms with E-state index in [0.29, 0.717) is 11.3 Å². The van der Waals surface area contributed by atoms with Crippen LogP contribution in [0.15, 0.2) is 23.6 Å². The second-order valence-corrected chi connectivity index (χ2v) is 1.78. The van der Waals surface area contributed by atoms with Gasteiger partial charge in [0.1, 0.15) is 5.76 Å². The summed E-state index contributed by atoms with van der Waals surface area (Å²) in [6, 6.07) is 0.661. The Morgan fingerprint density at radius 2 is 2.10 bits per heavy atom. The van der Waals surface area contributed by atoms with Crippen molar-refractivity contribution in [3.8, 4) is 0 Å². The highest BCUT2D eigenvalue weighted by molar-refractivity contribution is 5.59. The molecular weight excluding hydrogens is 131 g/mol. The second-order valence-electron chi connectivity index (χ2n) is 1.78. The molecule has 0 saturated heterocycles. The zero-order chi connectivity index (χ0) is 7.56. The second kappa shape index (κ2) is 2.52. The third-order valence-electron chi connectivity index (χ3n) is 1.17. The van der Waals surface area contributed by atoms with E-state index in [1.807, 2.05) is 0 Å². The lowest BCUT2D eigenvalue weighted by molar-refractivity contribution is 0.355.